The molecule has 1 aliphatic rings. The van der Waals surface area contributed by atoms with E-state index < -0.39 is 15.9 Å². The Morgan fingerprint density at radius 1 is 0.921 bits per heavy atom. The zero-order valence-electron chi connectivity index (χ0n) is 22.1. The Morgan fingerprint density at radius 3 is 2.24 bits per heavy atom. The smallest absolute Gasteiger partial charge is 0.264 e. The molecule has 1 N–H and O–H groups in total. The molecule has 1 saturated heterocycles. The number of amides is 1. The van der Waals surface area contributed by atoms with E-state index in [4.69, 9.17) is 9.47 Å². The third-order valence-corrected chi connectivity index (χ3v) is 8.51. The maximum Gasteiger partial charge on any atom is 0.264 e. The summed E-state index contributed by atoms with van der Waals surface area (Å²) in [5.41, 5.74) is 3.58. The first kappa shape index (κ1) is 27.5. The van der Waals surface area contributed by atoms with Gasteiger partial charge in [0.05, 0.1) is 24.8 Å². The van der Waals surface area contributed by atoms with Gasteiger partial charge in [0.25, 0.3) is 10.0 Å². The minimum absolute atomic E-state index is 0.000478. The van der Waals surface area contributed by atoms with Crippen molar-refractivity contribution in [1.82, 2.24) is 10.2 Å². The van der Waals surface area contributed by atoms with Crippen LogP contribution in [0.5, 0.6) is 11.5 Å². The van der Waals surface area contributed by atoms with Crippen LogP contribution in [0.25, 0.3) is 0 Å². The second-order valence-corrected chi connectivity index (χ2v) is 11.3. The molecule has 1 aliphatic heterocycles. The van der Waals surface area contributed by atoms with E-state index in [1.807, 2.05) is 37.3 Å². The molecule has 4 rings (SSSR count). The highest BCUT2D eigenvalue weighted by Gasteiger charge is 2.28. The average Bonchev–Trinajstić information content (AvgIpc) is 3.44. The molecule has 0 aromatic heterocycles. The van der Waals surface area contributed by atoms with Crippen LogP contribution in [0.4, 0.5) is 5.69 Å². The second-order valence-electron chi connectivity index (χ2n) is 9.39. The Morgan fingerprint density at radius 2 is 1.58 bits per heavy atom. The van der Waals surface area contributed by atoms with Crippen LogP contribution in [0, 0.1) is 6.92 Å². The summed E-state index contributed by atoms with van der Waals surface area (Å²) in [6.45, 7) is 4.88. The van der Waals surface area contributed by atoms with Crippen molar-refractivity contribution in [3.8, 4) is 11.5 Å². The number of rotatable bonds is 11. The summed E-state index contributed by atoms with van der Waals surface area (Å²) in [5, 5.41) is 2.93. The quantitative estimate of drug-likeness (QED) is 0.396. The first-order chi connectivity index (χ1) is 18.3. The van der Waals surface area contributed by atoms with Gasteiger partial charge in [-0.15, -0.1) is 0 Å². The normalized spacial score (nSPS) is 13.8. The number of carbonyl (C=O) groups excluding carboxylic acids is 1. The number of ether oxygens (including phenoxy) is 2. The lowest BCUT2D eigenvalue weighted by Gasteiger charge is -2.25. The molecular formula is C29H35N3O5S. The molecule has 38 heavy (non-hydrogen) atoms. The zero-order chi connectivity index (χ0) is 27.1. The standard InChI is InChI=1S/C29H35N3O5S/c1-22-10-12-25(13-11-22)32(38(34,35)26-14-15-27(36-2)28(18-26)37-3)21-29(33)30-19-23-8-4-5-9-24(23)20-31-16-6-7-17-31/h4-5,8-15,18H,6-7,16-17,19-21H2,1-3H3,(H,30,33). The molecule has 1 amide bonds. The van der Waals surface area contributed by atoms with Crippen LogP contribution in [0.1, 0.15) is 29.5 Å². The highest BCUT2D eigenvalue weighted by atomic mass is 32.2. The number of carbonyl (C=O) groups is 1. The SMILES string of the molecule is COc1ccc(S(=O)(=O)N(CC(=O)NCc2ccccc2CN2CCCC2)c2ccc(C)cc2)cc1OC. The average molecular weight is 538 g/mol. The summed E-state index contributed by atoms with van der Waals surface area (Å²) in [4.78, 5) is 15.6. The highest BCUT2D eigenvalue weighted by Crippen LogP contribution is 2.32. The molecule has 1 heterocycles. The third-order valence-electron chi connectivity index (χ3n) is 6.74. The van der Waals surface area contributed by atoms with E-state index in [1.54, 1.807) is 12.1 Å². The van der Waals surface area contributed by atoms with Gasteiger partial charge in [-0.05, 0) is 68.2 Å². The molecule has 1 fully saturated rings. The van der Waals surface area contributed by atoms with Crippen molar-refractivity contribution in [1.29, 1.82) is 0 Å². The van der Waals surface area contributed by atoms with Gasteiger partial charge in [-0.1, -0.05) is 42.0 Å². The fourth-order valence-electron chi connectivity index (χ4n) is 4.58. The predicted molar refractivity (Wildman–Crippen MR) is 148 cm³/mol. The number of benzene rings is 3. The molecule has 3 aromatic carbocycles. The van der Waals surface area contributed by atoms with Gasteiger partial charge < -0.3 is 14.8 Å². The first-order valence-corrected chi connectivity index (χ1v) is 14.1. The van der Waals surface area contributed by atoms with Crippen molar-refractivity contribution < 1.29 is 22.7 Å². The minimum Gasteiger partial charge on any atom is -0.493 e. The van der Waals surface area contributed by atoms with E-state index in [1.165, 1.54) is 50.8 Å². The molecule has 9 heteroatoms. The molecule has 0 spiro atoms. The summed E-state index contributed by atoms with van der Waals surface area (Å²) in [6.07, 6.45) is 2.42. The first-order valence-electron chi connectivity index (χ1n) is 12.7. The topological polar surface area (TPSA) is 88.2 Å². The van der Waals surface area contributed by atoms with E-state index in [0.717, 1.165) is 35.1 Å². The zero-order valence-corrected chi connectivity index (χ0v) is 23.0. The number of hydrogen-bond donors (Lipinski definition) is 1. The number of methoxy groups -OCH3 is 2. The van der Waals surface area contributed by atoms with Gasteiger partial charge in [-0.25, -0.2) is 8.42 Å². The number of anilines is 1. The number of nitrogens with one attached hydrogen (secondary N) is 1. The Kier molecular flexibility index (Phi) is 8.91. The molecule has 0 radical (unpaired) electrons. The Bertz CT molecular complexity index is 1350. The molecule has 0 bridgehead atoms. The number of aryl methyl sites for hydroxylation is 1. The van der Waals surface area contributed by atoms with Crippen LogP contribution in [-0.2, 0) is 27.9 Å². The van der Waals surface area contributed by atoms with Crippen LogP contribution in [0.3, 0.4) is 0 Å². The second kappa shape index (κ2) is 12.3. The van der Waals surface area contributed by atoms with E-state index in [9.17, 15) is 13.2 Å². The summed E-state index contributed by atoms with van der Waals surface area (Å²) in [7, 11) is -1.17. The fraction of sp³-hybridized carbons (Fsp3) is 0.345. The lowest BCUT2D eigenvalue weighted by molar-refractivity contribution is -0.119. The van der Waals surface area contributed by atoms with Gasteiger partial charge in [-0.2, -0.15) is 0 Å². The van der Waals surface area contributed by atoms with Gasteiger partial charge in [0.2, 0.25) is 5.91 Å². The molecule has 202 valence electrons. The van der Waals surface area contributed by atoms with Crippen LogP contribution < -0.4 is 19.1 Å². The van der Waals surface area contributed by atoms with Crippen molar-refractivity contribution in [3.63, 3.8) is 0 Å². The Labute approximate surface area is 225 Å². The monoisotopic (exact) mass is 537 g/mol. The molecule has 8 nitrogen and oxygen atoms in total. The third kappa shape index (κ3) is 6.46. The highest BCUT2D eigenvalue weighted by molar-refractivity contribution is 7.92. The van der Waals surface area contributed by atoms with Crippen LogP contribution in [-0.4, -0.2) is 53.1 Å². The van der Waals surface area contributed by atoms with Crippen molar-refractivity contribution >= 4 is 21.6 Å². The fourth-order valence-corrected chi connectivity index (χ4v) is 6.01. The summed E-state index contributed by atoms with van der Waals surface area (Å²) >= 11 is 0. The lowest BCUT2D eigenvalue weighted by Crippen LogP contribution is -2.40. The lowest BCUT2D eigenvalue weighted by atomic mass is 10.1. The summed E-state index contributed by atoms with van der Waals surface area (Å²) in [6, 6.07) is 19.5. The molecular weight excluding hydrogens is 502 g/mol. The van der Waals surface area contributed by atoms with E-state index in [-0.39, 0.29) is 17.2 Å². The van der Waals surface area contributed by atoms with Gasteiger partial charge in [0.1, 0.15) is 6.54 Å². The molecule has 0 atom stereocenters. The van der Waals surface area contributed by atoms with Gasteiger partial charge >= 0.3 is 0 Å². The summed E-state index contributed by atoms with van der Waals surface area (Å²) < 4.78 is 39.3. The van der Waals surface area contributed by atoms with E-state index >= 15 is 0 Å². The largest absolute Gasteiger partial charge is 0.493 e. The van der Waals surface area contributed by atoms with Crippen molar-refractivity contribution in [3.05, 3.63) is 83.4 Å². The Balaban J connectivity index is 1.55. The van der Waals surface area contributed by atoms with Crippen LogP contribution >= 0.6 is 0 Å². The number of hydrogen-bond acceptors (Lipinski definition) is 6. The van der Waals surface area contributed by atoms with Crippen LogP contribution in [0.15, 0.2) is 71.6 Å². The van der Waals surface area contributed by atoms with Gasteiger partial charge in [0, 0.05) is 19.2 Å². The van der Waals surface area contributed by atoms with E-state index in [2.05, 4.69) is 16.3 Å². The molecule has 0 saturated carbocycles. The minimum atomic E-state index is -4.10. The molecule has 0 aliphatic carbocycles. The maximum atomic E-state index is 13.8. The number of nitrogens with zero attached hydrogens (tertiary/aromatic N) is 2. The molecule has 3 aromatic rings. The van der Waals surface area contributed by atoms with Crippen molar-refractivity contribution in [2.45, 2.75) is 37.8 Å². The van der Waals surface area contributed by atoms with E-state index in [0.29, 0.717) is 18.0 Å². The number of likely N-dealkylation sites (tertiary alicyclic amines) is 1. The van der Waals surface area contributed by atoms with Gasteiger partial charge in [0.15, 0.2) is 11.5 Å². The summed E-state index contributed by atoms with van der Waals surface area (Å²) in [5.74, 6) is 0.306. The van der Waals surface area contributed by atoms with Gasteiger partial charge in [-0.3, -0.25) is 14.0 Å². The predicted octanol–water partition coefficient (Wildman–Crippen LogP) is 4.12. The maximum absolute atomic E-state index is 13.8. The van der Waals surface area contributed by atoms with Crippen LogP contribution in [0.2, 0.25) is 0 Å². The van der Waals surface area contributed by atoms with Crippen molar-refractivity contribution in [2.75, 3.05) is 38.2 Å². The number of sulfonamides is 1. The Hall–Kier alpha value is -3.56. The molecule has 0 unspecified atom stereocenters. The van der Waals surface area contributed by atoms with Crippen molar-refractivity contribution in [2.24, 2.45) is 0 Å².